The summed E-state index contributed by atoms with van der Waals surface area (Å²) in [6, 6.07) is 1.63. The van der Waals surface area contributed by atoms with Crippen LogP contribution in [-0.4, -0.2) is 27.4 Å². The molecule has 1 amide bonds. The number of aryl methyl sites for hydroxylation is 1. The van der Waals surface area contributed by atoms with Crippen molar-refractivity contribution in [3.63, 3.8) is 0 Å². The van der Waals surface area contributed by atoms with E-state index in [-0.39, 0.29) is 11.9 Å². The van der Waals surface area contributed by atoms with Crippen LogP contribution in [0.1, 0.15) is 56.5 Å². The zero-order valence-corrected chi connectivity index (χ0v) is 13.9. The third-order valence-corrected chi connectivity index (χ3v) is 5.13. The van der Waals surface area contributed by atoms with Gasteiger partial charge in [0.25, 0.3) is 0 Å². The lowest BCUT2D eigenvalue weighted by Gasteiger charge is -2.42. The van der Waals surface area contributed by atoms with Crippen LogP contribution in [0.2, 0.25) is 0 Å². The van der Waals surface area contributed by atoms with Crippen LogP contribution in [0.3, 0.4) is 0 Å². The number of thiophene rings is 1. The highest BCUT2D eigenvalue weighted by Crippen LogP contribution is 2.42. The quantitative estimate of drug-likeness (QED) is 0.908. The molecule has 0 bridgehead atoms. The van der Waals surface area contributed by atoms with Crippen LogP contribution in [-0.2, 0) is 9.59 Å². The van der Waals surface area contributed by atoms with Crippen LogP contribution in [0.25, 0.3) is 0 Å². The monoisotopic (exact) mass is 309 g/mol. The summed E-state index contributed by atoms with van der Waals surface area (Å²) in [4.78, 5) is 27.2. The van der Waals surface area contributed by atoms with Crippen LogP contribution < -0.4 is 0 Å². The first-order chi connectivity index (χ1) is 9.73. The van der Waals surface area contributed by atoms with E-state index in [9.17, 15) is 14.7 Å². The van der Waals surface area contributed by atoms with Gasteiger partial charge in [0.05, 0.1) is 12.0 Å². The minimum atomic E-state index is -0.809. The molecule has 0 aliphatic carbocycles. The highest BCUT2D eigenvalue weighted by Gasteiger charge is 2.44. The molecule has 1 N–H and O–H groups in total. The van der Waals surface area contributed by atoms with Crippen molar-refractivity contribution in [3.8, 4) is 0 Å². The Labute approximate surface area is 129 Å². The summed E-state index contributed by atoms with van der Waals surface area (Å²) >= 11 is 1.55. The van der Waals surface area contributed by atoms with Crippen molar-refractivity contribution < 1.29 is 14.7 Å². The number of hydrogen-bond acceptors (Lipinski definition) is 3. The highest BCUT2D eigenvalue weighted by molar-refractivity contribution is 7.10. The van der Waals surface area contributed by atoms with Gasteiger partial charge in [-0.15, -0.1) is 11.3 Å². The molecular formula is C16H23NO3S. The van der Waals surface area contributed by atoms with Gasteiger partial charge in [0.1, 0.15) is 0 Å². The predicted octanol–water partition coefficient (Wildman–Crippen LogP) is 3.61. The molecule has 1 aliphatic rings. The van der Waals surface area contributed by atoms with E-state index in [0.29, 0.717) is 19.3 Å². The van der Waals surface area contributed by atoms with Crippen molar-refractivity contribution in [2.75, 3.05) is 0 Å². The van der Waals surface area contributed by atoms with Gasteiger partial charge in [0, 0.05) is 16.8 Å². The first-order valence-corrected chi connectivity index (χ1v) is 8.20. The Bertz CT molecular complexity index is 544. The van der Waals surface area contributed by atoms with Crippen molar-refractivity contribution in [2.24, 2.45) is 5.92 Å². The summed E-state index contributed by atoms with van der Waals surface area (Å²) in [5, 5.41) is 11.6. The Balaban J connectivity index is 2.58. The summed E-state index contributed by atoms with van der Waals surface area (Å²) < 4.78 is 0. The molecule has 0 radical (unpaired) electrons. The first kappa shape index (κ1) is 16.0. The zero-order valence-electron chi connectivity index (χ0n) is 13.0. The van der Waals surface area contributed by atoms with Crippen molar-refractivity contribution >= 4 is 23.2 Å². The fourth-order valence-electron chi connectivity index (χ4n) is 3.12. The molecule has 2 rings (SSSR count). The number of aliphatic carboxylic acids is 1. The number of amides is 1. The molecule has 1 aromatic rings. The van der Waals surface area contributed by atoms with Gasteiger partial charge in [0.2, 0.25) is 5.91 Å². The molecule has 21 heavy (non-hydrogen) atoms. The zero-order chi connectivity index (χ0) is 15.8. The molecule has 0 saturated carbocycles. The second kappa shape index (κ2) is 5.79. The number of hydrogen-bond donors (Lipinski definition) is 1. The molecule has 0 spiro atoms. The second-order valence-corrected chi connectivity index (χ2v) is 7.63. The average molecular weight is 309 g/mol. The third kappa shape index (κ3) is 3.12. The second-order valence-electron chi connectivity index (χ2n) is 6.68. The smallest absolute Gasteiger partial charge is 0.308 e. The number of carbonyl (C=O) groups is 2. The molecule has 2 atom stereocenters. The van der Waals surface area contributed by atoms with Gasteiger partial charge in [-0.25, -0.2) is 0 Å². The predicted molar refractivity (Wildman–Crippen MR) is 83.4 cm³/mol. The fourth-order valence-corrected chi connectivity index (χ4v) is 4.21. The summed E-state index contributed by atoms with van der Waals surface area (Å²) in [7, 11) is 0. The van der Waals surface area contributed by atoms with Crippen LogP contribution in [0.5, 0.6) is 0 Å². The lowest BCUT2D eigenvalue weighted by molar-refractivity contribution is -0.148. The molecule has 1 saturated heterocycles. The first-order valence-electron chi connectivity index (χ1n) is 7.32. The Hall–Kier alpha value is -1.36. The molecular weight excluding hydrogens is 286 g/mol. The summed E-state index contributed by atoms with van der Waals surface area (Å²) in [5.41, 5.74) is 0.677. The highest BCUT2D eigenvalue weighted by atomic mass is 32.1. The van der Waals surface area contributed by atoms with Crippen LogP contribution in [0.15, 0.2) is 11.4 Å². The van der Waals surface area contributed by atoms with Crippen molar-refractivity contribution in [3.05, 3.63) is 21.9 Å². The number of carbonyl (C=O) groups excluding carboxylic acids is 1. The van der Waals surface area contributed by atoms with Gasteiger partial charge in [-0.3, -0.25) is 9.59 Å². The number of carboxylic acid groups (broad SMARTS) is 1. The number of likely N-dealkylation sites (tertiary alicyclic amines) is 1. The number of rotatable bonds is 2. The van der Waals surface area contributed by atoms with Crippen LogP contribution in [0.4, 0.5) is 0 Å². The van der Waals surface area contributed by atoms with E-state index in [1.807, 2.05) is 39.1 Å². The van der Waals surface area contributed by atoms with Crippen molar-refractivity contribution in [1.29, 1.82) is 0 Å². The minimum Gasteiger partial charge on any atom is -0.481 e. The molecule has 1 aliphatic heterocycles. The van der Waals surface area contributed by atoms with E-state index in [1.54, 1.807) is 16.2 Å². The van der Waals surface area contributed by atoms with E-state index in [2.05, 4.69) is 0 Å². The fraction of sp³-hybridized carbons (Fsp3) is 0.625. The van der Waals surface area contributed by atoms with E-state index in [4.69, 9.17) is 0 Å². The number of carboxylic acids is 1. The summed E-state index contributed by atoms with van der Waals surface area (Å²) in [6.07, 6.45) is 1.63. The van der Waals surface area contributed by atoms with E-state index < -0.39 is 17.4 Å². The van der Waals surface area contributed by atoms with Gasteiger partial charge in [-0.1, -0.05) is 0 Å². The topological polar surface area (TPSA) is 57.6 Å². The standard InChI is InChI=1S/C16H23NO3S/c1-10-8-9-21-14(10)13-11(15(19)20)6-5-7-12(18)17(13)16(2,3)4/h8-9,11,13H,5-7H2,1-4H3,(H,19,20). The maximum absolute atomic E-state index is 12.6. The van der Waals surface area contributed by atoms with Crippen molar-refractivity contribution in [1.82, 2.24) is 4.90 Å². The van der Waals surface area contributed by atoms with Crippen LogP contribution in [0, 0.1) is 12.8 Å². The molecule has 1 aromatic heterocycles. The molecule has 5 heteroatoms. The largest absolute Gasteiger partial charge is 0.481 e. The summed E-state index contributed by atoms with van der Waals surface area (Å²) in [5.74, 6) is -1.28. The van der Waals surface area contributed by atoms with E-state index >= 15 is 0 Å². The number of nitrogens with zero attached hydrogens (tertiary/aromatic N) is 1. The molecule has 1 fully saturated rings. The Morgan fingerprint density at radius 3 is 2.57 bits per heavy atom. The molecule has 2 heterocycles. The lowest BCUT2D eigenvalue weighted by atomic mass is 9.89. The van der Waals surface area contributed by atoms with Gasteiger partial charge >= 0.3 is 5.97 Å². The molecule has 0 aromatic carbocycles. The Morgan fingerprint density at radius 2 is 2.10 bits per heavy atom. The molecule has 4 nitrogen and oxygen atoms in total. The third-order valence-electron chi connectivity index (χ3n) is 4.04. The van der Waals surface area contributed by atoms with Crippen molar-refractivity contribution in [2.45, 2.75) is 58.5 Å². The summed E-state index contributed by atoms with van der Waals surface area (Å²) in [6.45, 7) is 7.92. The maximum atomic E-state index is 12.6. The Kier molecular flexibility index (Phi) is 4.42. The molecule has 2 unspecified atom stereocenters. The van der Waals surface area contributed by atoms with Gasteiger partial charge < -0.3 is 10.0 Å². The SMILES string of the molecule is Cc1ccsc1C1C(C(=O)O)CCCC(=O)N1C(C)(C)C. The van der Waals surface area contributed by atoms with Gasteiger partial charge in [-0.2, -0.15) is 0 Å². The Morgan fingerprint density at radius 1 is 1.43 bits per heavy atom. The minimum absolute atomic E-state index is 0.0593. The van der Waals surface area contributed by atoms with E-state index in [0.717, 1.165) is 10.4 Å². The normalized spacial score (nSPS) is 24.0. The maximum Gasteiger partial charge on any atom is 0.308 e. The van der Waals surface area contributed by atoms with Gasteiger partial charge in [-0.05, 0) is 57.5 Å². The lowest BCUT2D eigenvalue weighted by Crippen LogP contribution is -2.49. The molecule has 116 valence electrons. The average Bonchev–Trinajstić information content (AvgIpc) is 2.67. The van der Waals surface area contributed by atoms with Crippen LogP contribution >= 0.6 is 11.3 Å². The van der Waals surface area contributed by atoms with Gasteiger partial charge in [0.15, 0.2) is 0 Å². The van der Waals surface area contributed by atoms with E-state index in [1.165, 1.54) is 0 Å².